The number of halogens is 1. The number of ketones is 1. The van der Waals surface area contributed by atoms with Gasteiger partial charge in [-0.05, 0) is 19.1 Å². The summed E-state index contributed by atoms with van der Waals surface area (Å²) in [5.41, 5.74) is -0.115. The van der Waals surface area contributed by atoms with Gasteiger partial charge in [0.05, 0.1) is 22.8 Å². The Kier molecular flexibility index (Phi) is 3.95. The number of rotatable bonds is 2. The Balaban J connectivity index is 1.84. The minimum absolute atomic E-state index is 0.00977. The Morgan fingerprint density at radius 3 is 2.64 bits per heavy atom. The van der Waals surface area contributed by atoms with E-state index < -0.39 is 15.6 Å². The molecule has 1 saturated heterocycles. The summed E-state index contributed by atoms with van der Waals surface area (Å²) in [5.74, 6) is 0.539. The lowest BCUT2D eigenvalue weighted by atomic mass is 9.83. The van der Waals surface area contributed by atoms with Crippen molar-refractivity contribution in [3.63, 3.8) is 0 Å². The molecule has 3 rings (SSSR count). The van der Waals surface area contributed by atoms with Crippen LogP contribution in [0.5, 0.6) is 5.75 Å². The van der Waals surface area contributed by atoms with E-state index >= 15 is 0 Å². The third kappa shape index (κ3) is 2.64. The molecular formula is C15H18ClNO4S. The number of piperidine rings is 1. The second-order valence-electron chi connectivity index (χ2n) is 5.80. The molecule has 7 heteroatoms. The predicted molar refractivity (Wildman–Crippen MR) is 84.0 cm³/mol. The standard InChI is InChI=1S/C15H18ClNO4S/c1-2-22(19,20)17-8-6-15(7-9-17)10-13(18)11-4-3-5-12(16)14(11)21-15/h3-5H,2,6-10H2,1H3. The van der Waals surface area contributed by atoms with Crippen molar-refractivity contribution >= 4 is 27.4 Å². The van der Waals surface area contributed by atoms with E-state index in [1.54, 1.807) is 25.1 Å². The first-order chi connectivity index (χ1) is 10.4. The quantitative estimate of drug-likeness (QED) is 0.827. The zero-order chi connectivity index (χ0) is 16.0. The molecule has 0 unspecified atom stereocenters. The molecule has 2 aliphatic rings. The third-order valence-corrected chi connectivity index (χ3v) is 6.64. The van der Waals surface area contributed by atoms with E-state index in [1.165, 1.54) is 4.31 Å². The maximum Gasteiger partial charge on any atom is 0.213 e. The van der Waals surface area contributed by atoms with Gasteiger partial charge in [-0.2, -0.15) is 0 Å². The smallest absolute Gasteiger partial charge is 0.213 e. The largest absolute Gasteiger partial charge is 0.484 e. The van der Waals surface area contributed by atoms with Crippen LogP contribution in [0.2, 0.25) is 5.02 Å². The molecule has 1 aromatic carbocycles. The summed E-state index contributed by atoms with van der Waals surface area (Å²) in [6.07, 6.45) is 1.28. The highest BCUT2D eigenvalue weighted by Gasteiger charge is 2.45. The van der Waals surface area contributed by atoms with Gasteiger partial charge in [0.15, 0.2) is 5.78 Å². The Morgan fingerprint density at radius 2 is 2.00 bits per heavy atom. The zero-order valence-electron chi connectivity index (χ0n) is 12.3. The van der Waals surface area contributed by atoms with Crippen molar-refractivity contribution in [2.75, 3.05) is 18.8 Å². The summed E-state index contributed by atoms with van der Waals surface area (Å²) < 4.78 is 31.4. The van der Waals surface area contributed by atoms with Crippen LogP contribution in [0.3, 0.4) is 0 Å². The molecule has 5 nitrogen and oxygen atoms in total. The minimum atomic E-state index is -3.19. The number of nitrogens with zero attached hydrogens (tertiary/aromatic N) is 1. The summed E-state index contributed by atoms with van der Waals surface area (Å²) in [5, 5.41) is 0.425. The van der Waals surface area contributed by atoms with Crippen LogP contribution in [-0.4, -0.2) is 42.9 Å². The second kappa shape index (κ2) is 5.51. The molecule has 0 aliphatic carbocycles. The van der Waals surface area contributed by atoms with E-state index in [0.29, 0.717) is 42.3 Å². The van der Waals surface area contributed by atoms with E-state index in [1.807, 2.05) is 0 Å². The van der Waals surface area contributed by atoms with Crippen LogP contribution in [-0.2, 0) is 10.0 Å². The fraction of sp³-hybridized carbons (Fsp3) is 0.533. The third-order valence-electron chi connectivity index (χ3n) is 4.46. The molecule has 0 bridgehead atoms. The monoisotopic (exact) mass is 343 g/mol. The molecule has 0 aromatic heterocycles. The zero-order valence-corrected chi connectivity index (χ0v) is 13.9. The number of hydrogen-bond donors (Lipinski definition) is 0. The highest BCUT2D eigenvalue weighted by atomic mass is 35.5. The molecule has 0 saturated carbocycles. The fourth-order valence-corrected chi connectivity index (χ4v) is 4.42. The lowest BCUT2D eigenvalue weighted by Gasteiger charge is -2.43. The Hall–Kier alpha value is -1.11. The van der Waals surface area contributed by atoms with Gasteiger partial charge in [0.25, 0.3) is 0 Å². The molecule has 1 fully saturated rings. The van der Waals surface area contributed by atoms with E-state index in [2.05, 4.69) is 0 Å². The van der Waals surface area contributed by atoms with Crippen molar-refractivity contribution in [2.45, 2.75) is 31.8 Å². The Morgan fingerprint density at radius 1 is 1.32 bits per heavy atom. The summed E-state index contributed by atoms with van der Waals surface area (Å²) in [6.45, 7) is 2.39. The average Bonchev–Trinajstić information content (AvgIpc) is 2.49. The van der Waals surface area contributed by atoms with Crippen LogP contribution in [0.1, 0.15) is 36.5 Å². The van der Waals surface area contributed by atoms with Gasteiger partial charge in [0, 0.05) is 25.9 Å². The summed E-state index contributed by atoms with van der Waals surface area (Å²) in [6, 6.07) is 5.15. The van der Waals surface area contributed by atoms with Gasteiger partial charge in [-0.1, -0.05) is 17.7 Å². The maximum absolute atomic E-state index is 12.4. The lowest BCUT2D eigenvalue weighted by Crippen LogP contribution is -2.52. The van der Waals surface area contributed by atoms with Crippen molar-refractivity contribution in [3.8, 4) is 5.75 Å². The molecule has 1 spiro atoms. The van der Waals surface area contributed by atoms with Gasteiger partial charge in [0.2, 0.25) is 10.0 Å². The summed E-state index contributed by atoms with van der Waals surface area (Å²) in [7, 11) is -3.19. The van der Waals surface area contributed by atoms with Crippen molar-refractivity contribution in [3.05, 3.63) is 28.8 Å². The average molecular weight is 344 g/mol. The highest BCUT2D eigenvalue weighted by molar-refractivity contribution is 7.89. The first kappa shape index (κ1) is 15.8. The Labute approximate surface area is 135 Å². The first-order valence-corrected chi connectivity index (χ1v) is 9.34. The van der Waals surface area contributed by atoms with Crippen molar-refractivity contribution in [2.24, 2.45) is 0 Å². The summed E-state index contributed by atoms with van der Waals surface area (Å²) >= 11 is 6.15. The van der Waals surface area contributed by atoms with Crippen LogP contribution in [0.15, 0.2) is 18.2 Å². The van der Waals surface area contributed by atoms with Crippen LogP contribution in [0.4, 0.5) is 0 Å². The highest BCUT2D eigenvalue weighted by Crippen LogP contribution is 2.42. The van der Waals surface area contributed by atoms with Crippen LogP contribution >= 0.6 is 11.6 Å². The SMILES string of the molecule is CCS(=O)(=O)N1CCC2(CC1)CC(=O)c1cccc(Cl)c1O2. The number of para-hydroxylation sites is 1. The number of Topliss-reactive ketones (excluding diaryl/α,β-unsaturated/α-hetero) is 1. The number of ether oxygens (including phenoxy) is 1. The molecule has 0 atom stereocenters. The van der Waals surface area contributed by atoms with Gasteiger partial charge in [-0.15, -0.1) is 0 Å². The normalized spacial score (nSPS) is 21.5. The fourth-order valence-electron chi connectivity index (χ4n) is 3.11. The molecular weight excluding hydrogens is 326 g/mol. The van der Waals surface area contributed by atoms with E-state index in [4.69, 9.17) is 16.3 Å². The molecule has 1 aromatic rings. The van der Waals surface area contributed by atoms with Crippen molar-refractivity contribution in [1.82, 2.24) is 4.31 Å². The van der Waals surface area contributed by atoms with E-state index in [9.17, 15) is 13.2 Å². The lowest BCUT2D eigenvalue weighted by molar-refractivity contribution is 0.00601. The van der Waals surface area contributed by atoms with E-state index in [0.717, 1.165) is 0 Å². The van der Waals surface area contributed by atoms with Crippen molar-refractivity contribution < 1.29 is 17.9 Å². The molecule has 2 aliphatic heterocycles. The molecule has 2 heterocycles. The predicted octanol–water partition coefficient (Wildman–Crippen LogP) is 2.49. The molecule has 22 heavy (non-hydrogen) atoms. The van der Waals surface area contributed by atoms with Gasteiger partial charge in [-0.25, -0.2) is 12.7 Å². The summed E-state index contributed by atoms with van der Waals surface area (Å²) in [4.78, 5) is 12.4. The number of benzene rings is 1. The van der Waals surface area contributed by atoms with Gasteiger partial charge in [-0.3, -0.25) is 4.79 Å². The number of carbonyl (C=O) groups excluding carboxylic acids is 1. The molecule has 120 valence electrons. The van der Waals surface area contributed by atoms with E-state index in [-0.39, 0.29) is 18.0 Å². The number of hydrogen-bond acceptors (Lipinski definition) is 4. The first-order valence-electron chi connectivity index (χ1n) is 7.35. The topological polar surface area (TPSA) is 63.7 Å². The maximum atomic E-state index is 12.4. The molecule has 0 N–H and O–H groups in total. The van der Waals surface area contributed by atoms with Crippen molar-refractivity contribution in [1.29, 1.82) is 0 Å². The number of fused-ring (bicyclic) bond motifs is 1. The second-order valence-corrected chi connectivity index (χ2v) is 8.47. The van der Waals surface area contributed by atoms with Gasteiger partial charge < -0.3 is 4.74 Å². The van der Waals surface area contributed by atoms with Crippen LogP contribution < -0.4 is 4.74 Å². The number of carbonyl (C=O) groups is 1. The molecule has 0 amide bonds. The molecule has 0 radical (unpaired) electrons. The van der Waals surface area contributed by atoms with Gasteiger partial charge in [0.1, 0.15) is 11.4 Å². The number of sulfonamides is 1. The minimum Gasteiger partial charge on any atom is -0.484 e. The van der Waals surface area contributed by atoms with Crippen LogP contribution in [0.25, 0.3) is 0 Å². The van der Waals surface area contributed by atoms with Gasteiger partial charge >= 0.3 is 0 Å². The van der Waals surface area contributed by atoms with Crippen LogP contribution in [0, 0.1) is 0 Å². The Bertz CT molecular complexity index is 708.